The highest BCUT2D eigenvalue weighted by atomic mass is 35.5. The van der Waals surface area contributed by atoms with Gasteiger partial charge in [0.05, 0.1) is 20.8 Å². The Hall–Kier alpha value is -0.910. The fraction of sp³-hybridized carbons (Fsp3) is 0.478. The average molecular weight is 451 g/mol. The lowest BCUT2D eigenvalue weighted by Crippen LogP contribution is -2.44. The van der Waals surface area contributed by atoms with Crippen molar-refractivity contribution in [3.63, 3.8) is 0 Å². The normalized spacial score (nSPS) is 22.0. The predicted molar refractivity (Wildman–Crippen MR) is 123 cm³/mol. The van der Waals surface area contributed by atoms with Gasteiger partial charge in [-0.15, -0.1) is 0 Å². The van der Waals surface area contributed by atoms with Gasteiger partial charge in [-0.25, -0.2) is 0 Å². The first kappa shape index (κ1) is 21.3. The molecule has 4 rings (SSSR count). The van der Waals surface area contributed by atoms with Crippen molar-refractivity contribution in [1.82, 2.24) is 10.2 Å². The molecule has 3 nitrogen and oxygen atoms in total. The number of fused-ring (bicyclic) bond motifs is 2. The first-order valence-electron chi connectivity index (χ1n) is 10.3. The van der Waals surface area contributed by atoms with E-state index in [4.69, 9.17) is 23.2 Å². The Kier molecular flexibility index (Phi) is 6.67. The minimum Gasteiger partial charge on any atom is -0.319 e. The summed E-state index contributed by atoms with van der Waals surface area (Å²) in [6.07, 6.45) is 3.27. The highest BCUT2D eigenvalue weighted by Gasteiger charge is 2.44. The molecule has 0 aliphatic carbocycles. The Balaban J connectivity index is 1.38. The number of halogens is 2. The molecule has 0 radical (unpaired) electrons. The molecule has 6 heteroatoms. The summed E-state index contributed by atoms with van der Waals surface area (Å²) in [5.41, 5.74) is 2.69. The molecule has 0 amide bonds. The van der Waals surface area contributed by atoms with E-state index in [9.17, 15) is 4.21 Å². The highest BCUT2D eigenvalue weighted by Crippen LogP contribution is 2.44. The number of likely N-dealkylation sites (N-methyl/N-ethyl adjacent to an activating group) is 1. The smallest absolute Gasteiger partial charge is 0.0595 e. The van der Waals surface area contributed by atoms with Crippen LogP contribution in [0.25, 0.3) is 0 Å². The van der Waals surface area contributed by atoms with Gasteiger partial charge in [-0.05, 0) is 81.2 Å². The van der Waals surface area contributed by atoms with Crippen molar-refractivity contribution >= 4 is 34.0 Å². The molecule has 0 saturated carbocycles. The predicted octanol–water partition coefficient (Wildman–Crippen LogP) is 4.84. The van der Waals surface area contributed by atoms with Gasteiger partial charge < -0.3 is 10.2 Å². The quantitative estimate of drug-likeness (QED) is 0.682. The molecule has 2 aromatic carbocycles. The van der Waals surface area contributed by atoms with E-state index in [1.807, 2.05) is 31.3 Å². The summed E-state index contributed by atoms with van der Waals surface area (Å²) in [4.78, 5) is 3.63. The molecule has 2 atom stereocenters. The van der Waals surface area contributed by atoms with Crippen LogP contribution in [0.15, 0.2) is 47.4 Å². The van der Waals surface area contributed by atoms with Gasteiger partial charge >= 0.3 is 0 Å². The number of rotatable bonds is 6. The van der Waals surface area contributed by atoms with Crippen LogP contribution < -0.4 is 5.32 Å². The van der Waals surface area contributed by atoms with Gasteiger partial charge in [0.1, 0.15) is 0 Å². The van der Waals surface area contributed by atoms with Crippen LogP contribution in [-0.4, -0.2) is 48.1 Å². The lowest BCUT2D eigenvalue weighted by Gasteiger charge is -2.40. The van der Waals surface area contributed by atoms with Crippen LogP contribution >= 0.6 is 23.2 Å². The topological polar surface area (TPSA) is 32.3 Å². The van der Waals surface area contributed by atoms with Crippen LogP contribution in [0.5, 0.6) is 0 Å². The van der Waals surface area contributed by atoms with Gasteiger partial charge in [-0.3, -0.25) is 4.21 Å². The summed E-state index contributed by atoms with van der Waals surface area (Å²) in [5.74, 6) is 1.21. The van der Waals surface area contributed by atoms with E-state index in [-0.39, 0.29) is 5.41 Å². The second kappa shape index (κ2) is 9.07. The Morgan fingerprint density at radius 3 is 2.62 bits per heavy atom. The second-order valence-electron chi connectivity index (χ2n) is 8.32. The van der Waals surface area contributed by atoms with Crippen molar-refractivity contribution in [3.05, 3.63) is 63.6 Å². The summed E-state index contributed by atoms with van der Waals surface area (Å²) < 4.78 is 12.6. The van der Waals surface area contributed by atoms with E-state index in [1.165, 1.54) is 11.1 Å². The number of nitrogens with zero attached hydrogens (tertiary/aromatic N) is 1. The van der Waals surface area contributed by atoms with Crippen LogP contribution in [0, 0.1) is 0 Å². The van der Waals surface area contributed by atoms with Gasteiger partial charge in [-0.2, -0.15) is 0 Å². The molecule has 29 heavy (non-hydrogen) atoms. The van der Waals surface area contributed by atoms with Crippen molar-refractivity contribution in [2.45, 2.75) is 35.5 Å². The highest BCUT2D eigenvalue weighted by molar-refractivity contribution is 7.85. The van der Waals surface area contributed by atoms with Crippen molar-refractivity contribution in [2.24, 2.45) is 0 Å². The Morgan fingerprint density at radius 2 is 1.90 bits per heavy atom. The Morgan fingerprint density at radius 1 is 1.14 bits per heavy atom. The average Bonchev–Trinajstić information content (AvgIpc) is 3.00. The minimum absolute atomic E-state index is 0.117. The molecule has 2 aliphatic rings. The number of hydrogen-bond donors (Lipinski definition) is 1. The van der Waals surface area contributed by atoms with E-state index in [2.05, 4.69) is 28.4 Å². The summed E-state index contributed by atoms with van der Waals surface area (Å²) in [6, 6.07) is 14.3. The molecule has 1 fully saturated rings. The zero-order valence-electron chi connectivity index (χ0n) is 16.8. The number of benzene rings is 2. The van der Waals surface area contributed by atoms with E-state index in [0.29, 0.717) is 16.0 Å². The molecule has 2 heterocycles. The standard InChI is InChI=1S/C23H28Cl2N2OS/c1-26-15-18(17-6-7-20(24)21(25)14-17)8-11-27-12-9-23(10-13-27)16-29(28)22-5-3-2-4-19(22)23/h2-7,14,18,26H,8-13,15-16H2,1H3/t18-,29?/m1/s1. The van der Waals surface area contributed by atoms with Crippen LogP contribution in [0.4, 0.5) is 0 Å². The molecule has 2 aromatic rings. The van der Waals surface area contributed by atoms with Crippen molar-refractivity contribution in [3.8, 4) is 0 Å². The molecule has 0 bridgehead atoms. The van der Waals surface area contributed by atoms with E-state index in [1.54, 1.807) is 0 Å². The maximum atomic E-state index is 12.6. The number of piperidine rings is 1. The van der Waals surface area contributed by atoms with Crippen molar-refractivity contribution in [1.29, 1.82) is 0 Å². The lowest BCUT2D eigenvalue weighted by atomic mass is 9.74. The van der Waals surface area contributed by atoms with E-state index >= 15 is 0 Å². The number of hydrogen-bond acceptors (Lipinski definition) is 3. The zero-order chi connectivity index (χ0) is 20.4. The Bertz CT molecular complexity index is 896. The molecule has 1 saturated heterocycles. The summed E-state index contributed by atoms with van der Waals surface area (Å²) in [5, 5.41) is 4.54. The SMILES string of the molecule is CNC[C@@H](CCN1CCC2(CC1)CS(=O)c1ccccc12)c1ccc(Cl)c(Cl)c1. The summed E-state index contributed by atoms with van der Waals surface area (Å²) in [6.45, 7) is 4.12. The zero-order valence-corrected chi connectivity index (χ0v) is 19.1. The number of likely N-dealkylation sites (tertiary alicyclic amines) is 1. The largest absolute Gasteiger partial charge is 0.319 e. The van der Waals surface area contributed by atoms with Crippen LogP contribution in [-0.2, 0) is 16.2 Å². The lowest BCUT2D eigenvalue weighted by molar-refractivity contribution is 0.166. The summed E-state index contributed by atoms with van der Waals surface area (Å²) >= 11 is 12.3. The van der Waals surface area contributed by atoms with Crippen LogP contribution in [0.2, 0.25) is 10.0 Å². The number of nitrogens with one attached hydrogen (secondary N) is 1. The molecule has 0 aromatic heterocycles. The fourth-order valence-electron chi connectivity index (χ4n) is 4.87. The third-order valence-corrected chi connectivity index (χ3v) is 8.98. The minimum atomic E-state index is -0.839. The Labute approximate surface area is 186 Å². The van der Waals surface area contributed by atoms with Gasteiger partial charge in [0.2, 0.25) is 0 Å². The maximum Gasteiger partial charge on any atom is 0.0595 e. The fourth-order valence-corrected chi connectivity index (χ4v) is 7.03. The maximum absolute atomic E-state index is 12.6. The monoisotopic (exact) mass is 450 g/mol. The molecule has 1 unspecified atom stereocenters. The van der Waals surface area contributed by atoms with Crippen LogP contribution in [0.3, 0.4) is 0 Å². The molecule has 1 N–H and O–H groups in total. The molecule has 2 aliphatic heterocycles. The first-order valence-corrected chi connectivity index (χ1v) is 12.4. The van der Waals surface area contributed by atoms with Gasteiger partial charge in [0, 0.05) is 22.6 Å². The third kappa shape index (κ3) is 4.42. The van der Waals surface area contributed by atoms with Crippen molar-refractivity contribution in [2.75, 3.05) is 39.0 Å². The second-order valence-corrected chi connectivity index (χ2v) is 10.6. The van der Waals surface area contributed by atoms with Crippen LogP contribution in [0.1, 0.15) is 36.3 Å². The first-order chi connectivity index (χ1) is 14.0. The molecule has 156 valence electrons. The van der Waals surface area contributed by atoms with Gasteiger partial charge in [0.25, 0.3) is 0 Å². The third-order valence-electron chi connectivity index (χ3n) is 6.58. The van der Waals surface area contributed by atoms with E-state index in [0.717, 1.165) is 56.1 Å². The summed E-state index contributed by atoms with van der Waals surface area (Å²) in [7, 11) is 1.15. The van der Waals surface area contributed by atoms with Gasteiger partial charge in [0.15, 0.2) is 0 Å². The van der Waals surface area contributed by atoms with E-state index < -0.39 is 10.8 Å². The molecular weight excluding hydrogens is 423 g/mol. The van der Waals surface area contributed by atoms with Crippen molar-refractivity contribution < 1.29 is 4.21 Å². The molecular formula is C23H28Cl2N2OS. The van der Waals surface area contributed by atoms with Gasteiger partial charge in [-0.1, -0.05) is 47.5 Å². The molecule has 1 spiro atoms.